The van der Waals surface area contributed by atoms with E-state index in [-0.39, 0.29) is 24.7 Å². The van der Waals surface area contributed by atoms with Gasteiger partial charge < -0.3 is 19.8 Å². The lowest BCUT2D eigenvalue weighted by molar-refractivity contribution is -0.121. The third-order valence-electron chi connectivity index (χ3n) is 4.60. The zero-order valence-electron chi connectivity index (χ0n) is 15.0. The number of rotatable bonds is 5. The molecule has 0 saturated heterocycles. The maximum atomic E-state index is 12.3. The van der Waals surface area contributed by atoms with Crippen molar-refractivity contribution in [2.24, 2.45) is 0 Å². The van der Waals surface area contributed by atoms with E-state index in [1.807, 2.05) is 32.0 Å². The third-order valence-corrected chi connectivity index (χ3v) is 5.70. The molecule has 0 spiro atoms. The SMILES string of the molecule is Cc1sc2nc(CCC(=O)NCc3ccc4c(c3)OCO4)[nH]c(=O)c2c1C. The van der Waals surface area contributed by atoms with E-state index in [1.54, 1.807) is 0 Å². The Morgan fingerprint density at radius 1 is 1.30 bits per heavy atom. The standard InChI is InChI=1S/C19H19N3O4S/c1-10-11(2)27-19-17(10)18(24)21-15(22-19)5-6-16(23)20-8-12-3-4-13-14(7-12)26-9-25-13/h3-4,7H,5-6,8-9H2,1-2H3,(H,20,23)(H,21,22,24). The smallest absolute Gasteiger partial charge is 0.259 e. The fraction of sp³-hybridized carbons (Fsp3) is 0.316. The molecule has 3 heterocycles. The number of carbonyl (C=O) groups excluding carboxylic acids is 1. The van der Waals surface area contributed by atoms with Gasteiger partial charge >= 0.3 is 0 Å². The van der Waals surface area contributed by atoms with Crippen LogP contribution in [0.2, 0.25) is 0 Å². The number of aryl methyl sites for hydroxylation is 3. The van der Waals surface area contributed by atoms with Gasteiger partial charge in [0.05, 0.1) is 5.39 Å². The van der Waals surface area contributed by atoms with Crippen LogP contribution < -0.4 is 20.3 Å². The number of hydrogen-bond donors (Lipinski definition) is 2. The molecular weight excluding hydrogens is 366 g/mol. The van der Waals surface area contributed by atoms with Gasteiger partial charge in [0.1, 0.15) is 10.7 Å². The highest BCUT2D eigenvalue weighted by atomic mass is 32.1. The Bertz CT molecular complexity index is 1090. The summed E-state index contributed by atoms with van der Waals surface area (Å²) in [5, 5.41) is 3.52. The molecule has 1 aliphatic rings. The van der Waals surface area contributed by atoms with E-state index in [4.69, 9.17) is 9.47 Å². The number of ether oxygens (including phenoxy) is 2. The number of amides is 1. The number of fused-ring (bicyclic) bond motifs is 2. The van der Waals surface area contributed by atoms with Crippen LogP contribution in [0.4, 0.5) is 0 Å². The molecule has 1 aliphatic heterocycles. The van der Waals surface area contributed by atoms with Crippen molar-refractivity contribution in [3.05, 3.63) is 50.4 Å². The van der Waals surface area contributed by atoms with Crippen LogP contribution in [-0.2, 0) is 17.8 Å². The summed E-state index contributed by atoms with van der Waals surface area (Å²) in [6.07, 6.45) is 0.635. The molecule has 0 radical (unpaired) electrons. The molecule has 8 heteroatoms. The van der Waals surface area contributed by atoms with Crippen molar-refractivity contribution in [1.29, 1.82) is 0 Å². The van der Waals surface area contributed by atoms with Crippen LogP contribution in [0.3, 0.4) is 0 Å². The largest absolute Gasteiger partial charge is 0.454 e. The summed E-state index contributed by atoms with van der Waals surface area (Å²) in [6.45, 7) is 4.53. The fourth-order valence-electron chi connectivity index (χ4n) is 2.99. The van der Waals surface area contributed by atoms with Crippen LogP contribution in [0.1, 0.15) is 28.2 Å². The Hall–Kier alpha value is -2.87. The molecule has 0 unspecified atom stereocenters. The highest BCUT2D eigenvalue weighted by molar-refractivity contribution is 7.18. The lowest BCUT2D eigenvalue weighted by atomic mass is 10.2. The number of hydrogen-bond acceptors (Lipinski definition) is 6. The minimum atomic E-state index is -0.141. The topological polar surface area (TPSA) is 93.3 Å². The zero-order valence-corrected chi connectivity index (χ0v) is 15.9. The average molecular weight is 385 g/mol. The van der Waals surface area contributed by atoms with E-state index in [1.165, 1.54) is 11.3 Å². The minimum Gasteiger partial charge on any atom is -0.454 e. The summed E-state index contributed by atoms with van der Waals surface area (Å²) in [5.41, 5.74) is 1.76. The average Bonchev–Trinajstić information content (AvgIpc) is 3.22. The first-order valence-corrected chi connectivity index (χ1v) is 9.47. The molecule has 7 nitrogen and oxygen atoms in total. The highest BCUT2D eigenvalue weighted by Gasteiger charge is 2.14. The maximum absolute atomic E-state index is 12.3. The van der Waals surface area contributed by atoms with Crippen LogP contribution in [0.25, 0.3) is 10.2 Å². The fourth-order valence-corrected chi connectivity index (χ4v) is 4.04. The molecule has 0 saturated carbocycles. The van der Waals surface area contributed by atoms with Gasteiger partial charge in [-0.05, 0) is 37.1 Å². The molecule has 2 N–H and O–H groups in total. The normalized spacial score (nSPS) is 12.5. The number of aromatic amines is 1. The van der Waals surface area contributed by atoms with E-state index < -0.39 is 0 Å². The van der Waals surface area contributed by atoms with E-state index in [2.05, 4.69) is 15.3 Å². The summed E-state index contributed by atoms with van der Waals surface area (Å²) in [6, 6.07) is 5.58. The van der Waals surface area contributed by atoms with E-state index in [0.717, 1.165) is 26.6 Å². The highest BCUT2D eigenvalue weighted by Crippen LogP contribution is 2.32. The Morgan fingerprint density at radius 2 is 2.11 bits per heavy atom. The van der Waals surface area contributed by atoms with Crippen molar-refractivity contribution in [3.8, 4) is 11.5 Å². The Morgan fingerprint density at radius 3 is 2.96 bits per heavy atom. The number of carbonyl (C=O) groups is 1. The second-order valence-electron chi connectivity index (χ2n) is 6.44. The molecule has 1 amide bonds. The molecular formula is C19H19N3O4S. The lowest BCUT2D eigenvalue weighted by Crippen LogP contribution is -2.23. The van der Waals surface area contributed by atoms with Crippen molar-refractivity contribution in [2.45, 2.75) is 33.2 Å². The first-order valence-electron chi connectivity index (χ1n) is 8.65. The molecule has 2 aromatic heterocycles. The first-order chi connectivity index (χ1) is 13.0. The predicted molar refractivity (Wildman–Crippen MR) is 102 cm³/mol. The molecule has 0 bridgehead atoms. The van der Waals surface area contributed by atoms with E-state index in [9.17, 15) is 9.59 Å². The third kappa shape index (κ3) is 3.52. The predicted octanol–water partition coefficient (Wildman–Crippen LogP) is 2.58. The Balaban J connectivity index is 1.36. The van der Waals surface area contributed by atoms with Gasteiger partial charge in [-0.2, -0.15) is 0 Å². The molecule has 140 valence electrons. The van der Waals surface area contributed by atoms with Gasteiger partial charge in [0.25, 0.3) is 5.56 Å². The van der Waals surface area contributed by atoms with Crippen LogP contribution in [0.15, 0.2) is 23.0 Å². The summed E-state index contributed by atoms with van der Waals surface area (Å²) in [4.78, 5) is 33.5. The molecule has 3 aromatic rings. The summed E-state index contributed by atoms with van der Waals surface area (Å²) < 4.78 is 10.6. The van der Waals surface area contributed by atoms with Crippen molar-refractivity contribution in [2.75, 3.05) is 6.79 Å². The van der Waals surface area contributed by atoms with Crippen LogP contribution in [0, 0.1) is 13.8 Å². The monoisotopic (exact) mass is 385 g/mol. The Kier molecular flexibility index (Phi) is 4.57. The van der Waals surface area contributed by atoms with Crippen molar-refractivity contribution in [1.82, 2.24) is 15.3 Å². The number of H-pyrrole nitrogens is 1. The lowest BCUT2D eigenvalue weighted by Gasteiger charge is -2.06. The summed E-state index contributed by atoms with van der Waals surface area (Å²) in [7, 11) is 0. The summed E-state index contributed by atoms with van der Waals surface area (Å²) in [5.74, 6) is 1.84. The maximum Gasteiger partial charge on any atom is 0.259 e. The second-order valence-corrected chi connectivity index (χ2v) is 7.64. The van der Waals surface area contributed by atoms with Gasteiger partial charge in [-0.25, -0.2) is 4.98 Å². The molecule has 4 rings (SSSR count). The van der Waals surface area contributed by atoms with Gasteiger partial charge in [-0.3, -0.25) is 9.59 Å². The molecule has 0 aliphatic carbocycles. The quantitative estimate of drug-likeness (QED) is 0.704. The number of nitrogens with one attached hydrogen (secondary N) is 2. The van der Waals surface area contributed by atoms with Crippen LogP contribution >= 0.6 is 11.3 Å². The van der Waals surface area contributed by atoms with Crippen molar-refractivity contribution >= 4 is 27.5 Å². The summed E-state index contributed by atoms with van der Waals surface area (Å²) >= 11 is 1.50. The number of thiophene rings is 1. The van der Waals surface area contributed by atoms with Crippen LogP contribution in [0.5, 0.6) is 11.5 Å². The van der Waals surface area contributed by atoms with Gasteiger partial charge in [-0.1, -0.05) is 6.07 Å². The Labute approximate surface area is 159 Å². The first kappa shape index (κ1) is 17.5. The van der Waals surface area contributed by atoms with E-state index >= 15 is 0 Å². The van der Waals surface area contributed by atoms with E-state index in [0.29, 0.717) is 29.9 Å². The molecule has 27 heavy (non-hydrogen) atoms. The number of aromatic nitrogens is 2. The van der Waals surface area contributed by atoms with Crippen LogP contribution in [-0.4, -0.2) is 22.7 Å². The number of nitrogens with zero attached hydrogens (tertiary/aromatic N) is 1. The molecule has 1 aromatic carbocycles. The van der Waals surface area contributed by atoms with Gasteiger partial charge in [0, 0.05) is 24.3 Å². The number of benzene rings is 1. The van der Waals surface area contributed by atoms with Gasteiger partial charge in [-0.15, -0.1) is 11.3 Å². The van der Waals surface area contributed by atoms with Crippen molar-refractivity contribution in [3.63, 3.8) is 0 Å². The molecule has 0 atom stereocenters. The van der Waals surface area contributed by atoms with Gasteiger partial charge in [0.2, 0.25) is 12.7 Å². The van der Waals surface area contributed by atoms with Crippen molar-refractivity contribution < 1.29 is 14.3 Å². The van der Waals surface area contributed by atoms with Gasteiger partial charge in [0.15, 0.2) is 11.5 Å². The zero-order chi connectivity index (χ0) is 19.0. The second kappa shape index (κ2) is 7.03. The minimum absolute atomic E-state index is 0.103. The molecule has 0 fully saturated rings.